The number of amidine groups is 1. The van der Waals surface area contributed by atoms with Crippen LogP contribution in [0.1, 0.15) is 11.1 Å². The summed E-state index contributed by atoms with van der Waals surface area (Å²) in [6.07, 6.45) is 3.45. The van der Waals surface area contributed by atoms with Gasteiger partial charge in [-0.15, -0.1) is 0 Å². The molecule has 0 aliphatic rings. The van der Waals surface area contributed by atoms with E-state index in [0.717, 1.165) is 15.6 Å². The van der Waals surface area contributed by atoms with E-state index >= 15 is 0 Å². The minimum absolute atomic E-state index is 0.199. The van der Waals surface area contributed by atoms with Crippen LogP contribution in [0, 0.1) is 0 Å². The number of oxime groups is 1. The van der Waals surface area contributed by atoms with Crippen molar-refractivity contribution in [3.8, 4) is 0 Å². The Labute approximate surface area is 137 Å². The summed E-state index contributed by atoms with van der Waals surface area (Å²) in [5, 5.41) is 14.7. The first-order chi connectivity index (χ1) is 10.7. The van der Waals surface area contributed by atoms with Gasteiger partial charge in [0.25, 0.3) is 0 Å². The van der Waals surface area contributed by atoms with E-state index in [9.17, 15) is 4.79 Å². The van der Waals surface area contributed by atoms with E-state index in [1.165, 1.54) is 6.08 Å². The predicted octanol–water partition coefficient (Wildman–Crippen LogP) is 3.61. The Morgan fingerprint density at radius 3 is 2.45 bits per heavy atom. The molecular weight excluding hydrogens is 344 g/mol. The Morgan fingerprint density at radius 2 is 1.82 bits per heavy atom. The molecule has 0 bridgehead atoms. The zero-order valence-corrected chi connectivity index (χ0v) is 13.3. The molecule has 0 atom stereocenters. The molecule has 2 rings (SSSR count). The number of nitrogens with zero attached hydrogens (tertiary/aromatic N) is 1. The lowest BCUT2D eigenvalue weighted by Gasteiger charge is -2.05. The van der Waals surface area contributed by atoms with Crippen molar-refractivity contribution in [3.05, 3.63) is 76.3 Å². The van der Waals surface area contributed by atoms with Crippen molar-refractivity contribution in [2.75, 3.05) is 0 Å². The monoisotopic (exact) mass is 358 g/mol. The zero-order chi connectivity index (χ0) is 15.8. The minimum Gasteiger partial charge on any atom is -0.409 e. The molecule has 0 saturated carbocycles. The van der Waals surface area contributed by atoms with Gasteiger partial charge >= 0.3 is 0 Å². The van der Waals surface area contributed by atoms with Crippen molar-refractivity contribution in [2.24, 2.45) is 5.16 Å². The molecule has 0 radical (unpaired) electrons. The lowest BCUT2D eigenvalue weighted by atomic mass is 10.1. The van der Waals surface area contributed by atoms with Gasteiger partial charge in [0.2, 0.25) is 5.91 Å². The molecule has 0 aliphatic heterocycles. The summed E-state index contributed by atoms with van der Waals surface area (Å²) >= 11 is 3.35. The molecule has 0 unspecified atom stereocenters. The van der Waals surface area contributed by atoms with Crippen molar-refractivity contribution in [1.82, 2.24) is 5.32 Å². The highest BCUT2D eigenvalue weighted by molar-refractivity contribution is 9.10. The van der Waals surface area contributed by atoms with Crippen molar-refractivity contribution in [3.63, 3.8) is 0 Å². The van der Waals surface area contributed by atoms with Crippen LogP contribution < -0.4 is 5.32 Å². The number of carbonyl (C=O) groups is 1. The summed E-state index contributed by atoms with van der Waals surface area (Å²) in [5.41, 5.74) is 1.86. The summed E-state index contributed by atoms with van der Waals surface area (Å²) in [4.78, 5) is 11.8. The fourth-order valence-corrected chi connectivity index (χ4v) is 2.08. The summed E-state index contributed by atoms with van der Waals surface area (Å²) in [7, 11) is 0. The molecule has 1 amide bonds. The van der Waals surface area contributed by atoms with Crippen LogP contribution in [-0.4, -0.2) is 17.0 Å². The molecule has 22 heavy (non-hydrogen) atoms. The maximum Gasteiger partial charge on any atom is 0.249 e. The highest BCUT2D eigenvalue weighted by Crippen LogP contribution is 2.11. The highest BCUT2D eigenvalue weighted by Gasteiger charge is 2.05. The normalized spacial score (nSPS) is 11.6. The second-order valence-electron chi connectivity index (χ2n) is 4.58. The first-order valence-corrected chi connectivity index (χ1v) is 7.46. The Balaban J connectivity index is 1.94. The molecule has 0 heterocycles. The van der Waals surface area contributed by atoms with Crippen LogP contribution in [0.15, 0.2) is 70.3 Å². The third-order valence-electron chi connectivity index (χ3n) is 2.90. The second-order valence-corrected chi connectivity index (χ2v) is 5.50. The van der Waals surface area contributed by atoms with Crippen molar-refractivity contribution < 1.29 is 10.0 Å². The van der Waals surface area contributed by atoms with E-state index in [1.54, 1.807) is 6.08 Å². The Hall–Kier alpha value is -2.40. The van der Waals surface area contributed by atoms with Gasteiger partial charge in [0.15, 0.2) is 5.84 Å². The largest absolute Gasteiger partial charge is 0.409 e. The number of benzene rings is 2. The second kappa shape index (κ2) is 8.14. The van der Waals surface area contributed by atoms with Crippen LogP contribution in [0.25, 0.3) is 6.08 Å². The molecule has 112 valence electrons. The molecule has 4 nitrogen and oxygen atoms in total. The van der Waals surface area contributed by atoms with Crippen molar-refractivity contribution in [2.45, 2.75) is 6.42 Å². The fraction of sp³-hybridized carbons (Fsp3) is 0.0588. The first-order valence-electron chi connectivity index (χ1n) is 6.67. The number of amides is 1. The summed E-state index contributed by atoms with van der Waals surface area (Å²) in [5.74, 6) is -0.140. The Kier molecular flexibility index (Phi) is 5.91. The zero-order valence-electron chi connectivity index (χ0n) is 11.7. The van der Waals surface area contributed by atoms with Crippen molar-refractivity contribution in [1.29, 1.82) is 0 Å². The molecule has 2 N–H and O–H groups in total. The molecule has 0 spiro atoms. The molecular formula is C17H15BrN2O2. The minimum atomic E-state index is -0.339. The third kappa shape index (κ3) is 5.18. The smallest absolute Gasteiger partial charge is 0.249 e. The van der Waals surface area contributed by atoms with Crippen molar-refractivity contribution >= 4 is 33.7 Å². The van der Waals surface area contributed by atoms with Crippen LogP contribution >= 0.6 is 15.9 Å². The standard InChI is InChI=1S/C17H15BrN2O2/c18-15-9-6-14(7-10-15)12-16(20-22)19-17(21)11-8-13-4-2-1-3-5-13/h1-11,22H,12H2,(H,19,20,21). The van der Waals surface area contributed by atoms with E-state index in [0.29, 0.717) is 6.42 Å². The van der Waals surface area contributed by atoms with Gasteiger partial charge in [-0.1, -0.05) is 63.6 Å². The summed E-state index contributed by atoms with van der Waals surface area (Å²) in [6.45, 7) is 0. The average Bonchev–Trinajstić information content (AvgIpc) is 2.55. The fourth-order valence-electron chi connectivity index (χ4n) is 1.82. The topological polar surface area (TPSA) is 61.7 Å². The van der Waals surface area contributed by atoms with Gasteiger partial charge in [-0.05, 0) is 29.3 Å². The van der Waals surface area contributed by atoms with Crippen LogP contribution in [-0.2, 0) is 11.2 Å². The summed E-state index contributed by atoms with van der Waals surface area (Å²) in [6, 6.07) is 17.0. The molecule has 0 aromatic heterocycles. The van der Waals surface area contributed by atoms with Gasteiger partial charge in [0, 0.05) is 17.0 Å². The maximum absolute atomic E-state index is 11.8. The van der Waals surface area contributed by atoms with Gasteiger partial charge in [-0.3, -0.25) is 4.79 Å². The van der Waals surface area contributed by atoms with E-state index in [1.807, 2.05) is 54.6 Å². The molecule has 0 saturated heterocycles. The Morgan fingerprint density at radius 1 is 1.14 bits per heavy atom. The average molecular weight is 359 g/mol. The molecule has 2 aromatic rings. The van der Waals surface area contributed by atoms with Gasteiger partial charge in [0.05, 0.1) is 0 Å². The van der Waals surface area contributed by atoms with E-state index in [2.05, 4.69) is 26.4 Å². The van der Waals surface area contributed by atoms with E-state index in [4.69, 9.17) is 5.21 Å². The molecule has 0 aliphatic carbocycles. The van der Waals surface area contributed by atoms with Gasteiger partial charge in [-0.2, -0.15) is 0 Å². The molecule has 2 aromatic carbocycles. The van der Waals surface area contributed by atoms with Crippen LogP contribution in [0.2, 0.25) is 0 Å². The number of carbonyl (C=O) groups excluding carboxylic acids is 1. The van der Waals surface area contributed by atoms with Crippen LogP contribution in [0.4, 0.5) is 0 Å². The third-order valence-corrected chi connectivity index (χ3v) is 3.43. The summed E-state index contributed by atoms with van der Waals surface area (Å²) < 4.78 is 0.966. The number of nitrogens with one attached hydrogen (secondary N) is 1. The maximum atomic E-state index is 11.8. The van der Waals surface area contributed by atoms with E-state index in [-0.39, 0.29) is 11.7 Å². The van der Waals surface area contributed by atoms with Gasteiger partial charge < -0.3 is 10.5 Å². The highest BCUT2D eigenvalue weighted by atomic mass is 79.9. The first kappa shape index (κ1) is 16.0. The molecule has 0 fully saturated rings. The SMILES string of the molecule is O=C(C=Cc1ccccc1)N/C(Cc1ccc(Br)cc1)=N/O. The number of rotatable bonds is 4. The Bertz CT molecular complexity index is 680. The lowest BCUT2D eigenvalue weighted by molar-refractivity contribution is -0.115. The number of hydrogen-bond donors (Lipinski definition) is 2. The predicted molar refractivity (Wildman–Crippen MR) is 90.7 cm³/mol. The van der Waals surface area contributed by atoms with E-state index < -0.39 is 0 Å². The molecule has 5 heteroatoms. The van der Waals surface area contributed by atoms with Crippen LogP contribution in [0.3, 0.4) is 0 Å². The van der Waals surface area contributed by atoms with Gasteiger partial charge in [0.1, 0.15) is 0 Å². The van der Waals surface area contributed by atoms with Crippen LogP contribution in [0.5, 0.6) is 0 Å². The number of hydrogen-bond acceptors (Lipinski definition) is 3. The van der Waals surface area contributed by atoms with Gasteiger partial charge in [-0.25, -0.2) is 0 Å². The lowest BCUT2D eigenvalue weighted by Crippen LogP contribution is -2.30. The quantitative estimate of drug-likeness (QED) is 0.288. The number of halogens is 1.